The molecule has 4 aromatic carbocycles. The number of hydrogen-bond acceptors (Lipinski definition) is 18. The topological polar surface area (TPSA) is 348 Å². The molecular formula is C72H96N14O13. The van der Waals surface area contributed by atoms with Crippen LogP contribution in [0.5, 0.6) is 5.75 Å². The van der Waals surface area contributed by atoms with E-state index < -0.39 is 41.9 Å². The van der Waals surface area contributed by atoms with Gasteiger partial charge in [0.05, 0.1) is 90.3 Å². The van der Waals surface area contributed by atoms with Crippen molar-refractivity contribution in [3.8, 4) is 5.75 Å². The molecule has 0 spiro atoms. The standard InChI is InChI=1S/C72H96N14O13/c1-5-6-11-30-76-67-66-58(81-70(73)83-67)28-33-85(66)44-55-21-18-51(42-61(55)94-4)43-84-46-57(47-84)79-72(93)99-48-50-19-24-56(25-20-50)78-68(90)59(16-12-31-77-71(74)92)80-69(91)65(49(2)3)82-63(88)29-34-95-36-38-97-40-41-98-39-37-96-35-32-75-62(87)26-27-64(89)86-45-54-15-8-7-13-52(54)22-23-53-14-9-10-17-60(53)86/h7-10,13-15,17-25,28,33,42,49,57,59,65H,5-6,11-12,16,26-27,29-32,34-41,43-48H2,1-4H3,(H,75,87)(H,78,90)(H,79,93)(H,80,91)(H,82,88)(H3,74,77,92)(H3,73,76,81,83)/b23-22-/t59-,65-/m0/s1. The van der Waals surface area contributed by atoms with Crippen LogP contribution in [0.2, 0.25) is 0 Å². The van der Waals surface area contributed by atoms with Gasteiger partial charge in [0.2, 0.25) is 35.5 Å². The Kier molecular flexibility index (Phi) is 30.1. The molecule has 27 nitrogen and oxygen atoms in total. The van der Waals surface area contributed by atoms with Crippen molar-refractivity contribution in [2.24, 2.45) is 11.7 Å². The van der Waals surface area contributed by atoms with E-state index in [0.29, 0.717) is 89.2 Å². The second kappa shape index (κ2) is 39.7. The number of para-hydroxylation sites is 1. The highest BCUT2D eigenvalue weighted by Gasteiger charge is 2.31. The number of nitrogens with one attached hydrogen (secondary N) is 7. The van der Waals surface area contributed by atoms with E-state index in [1.165, 1.54) is 0 Å². The molecule has 6 aromatic rings. The van der Waals surface area contributed by atoms with Crippen molar-refractivity contribution in [1.82, 2.24) is 46.0 Å². The van der Waals surface area contributed by atoms with Crippen LogP contribution < -0.4 is 58.3 Å². The van der Waals surface area contributed by atoms with Crippen LogP contribution >= 0.6 is 0 Å². The zero-order valence-corrected chi connectivity index (χ0v) is 57.2. The van der Waals surface area contributed by atoms with Crippen molar-refractivity contribution < 1.29 is 62.0 Å². The fourth-order valence-electron chi connectivity index (χ4n) is 11.3. The highest BCUT2D eigenvalue weighted by molar-refractivity contribution is 5.99. The first-order valence-corrected chi connectivity index (χ1v) is 34.0. The average Bonchev–Trinajstić information content (AvgIpc) is 1.71. The van der Waals surface area contributed by atoms with E-state index in [1.807, 2.05) is 72.9 Å². The maximum atomic E-state index is 13.7. The Bertz CT molecular complexity index is 3650. The zero-order chi connectivity index (χ0) is 70.3. The number of alkyl carbamates (subject to hydrolysis) is 1. The quantitative estimate of drug-likeness (QED) is 0.0177. The number of amides is 8. The summed E-state index contributed by atoms with van der Waals surface area (Å²) in [6, 6.07) is 27.7. The van der Waals surface area contributed by atoms with Gasteiger partial charge in [-0.2, -0.15) is 4.98 Å². The fraction of sp³-hybridized carbons (Fsp3) is 0.458. The van der Waals surface area contributed by atoms with Crippen molar-refractivity contribution in [1.29, 1.82) is 0 Å². The monoisotopic (exact) mass is 1360 g/mol. The number of carbonyl (C=O) groups excluding carboxylic acids is 7. The third-order valence-electron chi connectivity index (χ3n) is 16.6. The largest absolute Gasteiger partial charge is 0.496 e. The number of fused-ring (bicyclic) bond motifs is 3. The van der Waals surface area contributed by atoms with Gasteiger partial charge < -0.3 is 86.6 Å². The normalized spacial score (nSPS) is 13.7. The smallest absolute Gasteiger partial charge is 0.407 e. The number of benzene rings is 4. The molecule has 0 saturated carbocycles. The van der Waals surface area contributed by atoms with Gasteiger partial charge in [-0.3, -0.25) is 28.9 Å². The lowest BCUT2D eigenvalue weighted by Crippen LogP contribution is -2.58. The maximum absolute atomic E-state index is 13.7. The van der Waals surface area contributed by atoms with Gasteiger partial charge in [0, 0.05) is 76.0 Å². The summed E-state index contributed by atoms with van der Waals surface area (Å²) in [5.41, 5.74) is 19.9. The number of methoxy groups -OCH3 is 1. The van der Waals surface area contributed by atoms with Crippen LogP contribution in [0.4, 0.5) is 32.7 Å². The van der Waals surface area contributed by atoms with Crippen LogP contribution in [0.15, 0.2) is 103 Å². The number of nitrogens with two attached hydrogens (primary N) is 2. The molecule has 8 rings (SSSR count). The summed E-state index contributed by atoms with van der Waals surface area (Å²) >= 11 is 0. The SMILES string of the molecule is CCCCCNc1nc(N)nc2ccn(Cc3ccc(CN4CC(NC(=O)OCc5ccc(NC(=O)[C@H](CCCNC(N)=O)NC(=O)[C@@H](NC(=O)CCOCCOCCOCCOCCNC(=O)CCC(=O)N6Cc7ccccc7/C=C\c7ccccc76)C(C)C)cc5)C4)cc3OC)c12. The maximum Gasteiger partial charge on any atom is 0.407 e. The highest BCUT2D eigenvalue weighted by Crippen LogP contribution is 2.31. The van der Waals surface area contributed by atoms with Gasteiger partial charge in [0.1, 0.15) is 30.0 Å². The molecule has 4 heterocycles. The van der Waals surface area contributed by atoms with Crippen LogP contribution in [0.1, 0.15) is 106 Å². The van der Waals surface area contributed by atoms with Gasteiger partial charge in [-0.05, 0) is 83.3 Å². The molecule has 1 saturated heterocycles. The molecule has 0 radical (unpaired) electrons. The van der Waals surface area contributed by atoms with E-state index >= 15 is 0 Å². The molecule has 2 aliphatic rings. The van der Waals surface area contributed by atoms with Crippen molar-refractivity contribution >= 4 is 88.0 Å². The predicted octanol–water partition coefficient (Wildman–Crippen LogP) is 6.87. The number of primary amides is 1. The first kappa shape index (κ1) is 75.1. The number of carbonyl (C=O) groups is 7. The number of nitrogens with zero attached hydrogens (tertiary/aromatic N) is 5. The summed E-state index contributed by atoms with van der Waals surface area (Å²) in [7, 11) is 1.66. The van der Waals surface area contributed by atoms with Gasteiger partial charge in [0.25, 0.3) is 0 Å². The molecule has 2 aromatic heterocycles. The number of urea groups is 1. The average molecular weight is 1370 g/mol. The number of hydrogen-bond donors (Lipinski definition) is 9. The van der Waals surface area contributed by atoms with E-state index in [4.69, 9.17) is 39.9 Å². The molecule has 11 N–H and O–H groups in total. The molecular weight excluding hydrogens is 1270 g/mol. The highest BCUT2D eigenvalue weighted by atomic mass is 16.6. The first-order chi connectivity index (χ1) is 48.0. The number of anilines is 4. The molecule has 99 heavy (non-hydrogen) atoms. The lowest BCUT2D eigenvalue weighted by Gasteiger charge is -2.39. The van der Waals surface area contributed by atoms with Crippen LogP contribution in [0.3, 0.4) is 0 Å². The molecule has 8 amide bonds. The summed E-state index contributed by atoms with van der Waals surface area (Å²) in [6.07, 6.45) is 9.28. The number of unbranched alkanes of at least 4 members (excludes halogenated alkanes) is 2. The van der Waals surface area contributed by atoms with Gasteiger partial charge in [-0.15, -0.1) is 0 Å². The number of rotatable bonds is 41. The van der Waals surface area contributed by atoms with Crippen molar-refractivity contribution in [3.05, 3.63) is 137 Å². The Morgan fingerprint density at radius 3 is 2.10 bits per heavy atom. The molecule has 27 heteroatoms. The van der Waals surface area contributed by atoms with Crippen LogP contribution in [0.25, 0.3) is 23.2 Å². The fourth-order valence-corrected chi connectivity index (χ4v) is 11.3. The Morgan fingerprint density at radius 1 is 0.677 bits per heavy atom. The number of ether oxygens (including phenoxy) is 6. The molecule has 0 unspecified atom stereocenters. The van der Waals surface area contributed by atoms with Crippen molar-refractivity contribution in [2.45, 2.75) is 117 Å². The first-order valence-electron chi connectivity index (χ1n) is 34.0. The van der Waals surface area contributed by atoms with Crippen LogP contribution in [-0.2, 0) is 73.9 Å². The Balaban J connectivity index is 0.659. The number of aromatic nitrogens is 3. The summed E-state index contributed by atoms with van der Waals surface area (Å²) in [5, 5.41) is 20.1. The third kappa shape index (κ3) is 24.4. The summed E-state index contributed by atoms with van der Waals surface area (Å²) in [5.74, 6) is -0.543. The van der Waals surface area contributed by atoms with E-state index in [1.54, 1.807) is 50.1 Å². The molecule has 2 atom stereocenters. The summed E-state index contributed by atoms with van der Waals surface area (Å²) in [6.45, 7) is 11.9. The lowest BCUT2D eigenvalue weighted by molar-refractivity contribution is -0.132. The van der Waals surface area contributed by atoms with Gasteiger partial charge in [-0.1, -0.05) is 112 Å². The van der Waals surface area contributed by atoms with Gasteiger partial charge in [-0.25, -0.2) is 14.6 Å². The van der Waals surface area contributed by atoms with Crippen LogP contribution in [0, 0.1) is 5.92 Å². The summed E-state index contributed by atoms with van der Waals surface area (Å²) < 4.78 is 35.8. The van der Waals surface area contributed by atoms with E-state index in [2.05, 4.69) is 81.8 Å². The minimum atomic E-state index is -1.05. The molecule has 0 bridgehead atoms. The van der Waals surface area contributed by atoms with Gasteiger partial charge in [0.15, 0.2) is 5.82 Å². The molecule has 1 fully saturated rings. The number of nitrogen functional groups attached to an aromatic ring is 1. The van der Waals surface area contributed by atoms with E-state index in [0.717, 1.165) is 76.1 Å². The number of likely N-dealkylation sites (tertiary alicyclic amines) is 1. The predicted molar refractivity (Wildman–Crippen MR) is 378 cm³/mol. The van der Waals surface area contributed by atoms with Crippen LogP contribution in [-0.4, -0.2) is 172 Å². The lowest BCUT2D eigenvalue weighted by atomic mass is 10.0. The Labute approximate surface area is 578 Å². The van der Waals surface area contributed by atoms with Crippen molar-refractivity contribution in [2.75, 3.05) is 114 Å². The Hall–Kier alpha value is -9.67. The molecule has 0 aliphatic carbocycles. The second-order valence-electron chi connectivity index (χ2n) is 24.6. The zero-order valence-electron chi connectivity index (χ0n) is 57.2. The second-order valence-corrected chi connectivity index (χ2v) is 24.6. The molecule has 532 valence electrons. The van der Waals surface area contributed by atoms with Crippen molar-refractivity contribution in [3.63, 3.8) is 0 Å². The van der Waals surface area contributed by atoms with Gasteiger partial charge >= 0.3 is 12.1 Å². The minimum Gasteiger partial charge on any atom is -0.496 e. The summed E-state index contributed by atoms with van der Waals surface area (Å²) in [4.78, 5) is 104. The Morgan fingerprint density at radius 2 is 1.37 bits per heavy atom. The molecule has 2 aliphatic heterocycles. The minimum absolute atomic E-state index is 0.0173. The third-order valence-corrected chi connectivity index (χ3v) is 16.6. The van der Waals surface area contributed by atoms with E-state index in [-0.39, 0.29) is 95.0 Å². The van der Waals surface area contributed by atoms with E-state index in [9.17, 15) is 33.6 Å².